The Hall–Kier alpha value is -1.41. The molecule has 2 amide bonds. The summed E-state index contributed by atoms with van der Waals surface area (Å²) < 4.78 is 18.1. The molecule has 1 aromatic carbocycles. The first-order valence-electron chi connectivity index (χ1n) is 6.46. The molecule has 5 nitrogen and oxygen atoms in total. The molecular formula is C14H13Br2FN2O3. The number of esters is 1. The fraction of sp³-hybridized carbons (Fsp3) is 0.286. The number of allylic oxidation sites excluding steroid dienone is 1. The van der Waals surface area contributed by atoms with Crippen LogP contribution >= 0.6 is 31.9 Å². The average molecular weight is 436 g/mol. The van der Waals surface area contributed by atoms with Gasteiger partial charge in [0.15, 0.2) is 0 Å². The number of ether oxygens (including phenoxy) is 1. The zero-order valence-corrected chi connectivity index (χ0v) is 14.7. The Morgan fingerprint density at radius 1 is 1.45 bits per heavy atom. The van der Waals surface area contributed by atoms with Crippen molar-refractivity contribution in [3.63, 3.8) is 0 Å². The van der Waals surface area contributed by atoms with Crippen LogP contribution in [0.3, 0.4) is 0 Å². The third-order valence-corrected chi connectivity index (χ3v) is 3.91. The minimum Gasteiger partial charge on any atom is -0.463 e. The van der Waals surface area contributed by atoms with Crippen molar-refractivity contribution in [2.45, 2.75) is 16.7 Å². The summed E-state index contributed by atoms with van der Waals surface area (Å²) in [4.78, 5) is 24.1. The van der Waals surface area contributed by atoms with Crippen LogP contribution < -0.4 is 10.6 Å². The predicted octanol–water partition coefficient (Wildman–Crippen LogP) is 3.11. The number of rotatable bonds is 4. The molecule has 0 saturated heterocycles. The van der Waals surface area contributed by atoms with E-state index in [0.29, 0.717) is 11.3 Å². The number of carbonyl (C=O) groups is 2. The van der Waals surface area contributed by atoms with Crippen LogP contribution in [0.15, 0.2) is 35.5 Å². The van der Waals surface area contributed by atoms with Gasteiger partial charge in [0.1, 0.15) is 9.55 Å². The van der Waals surface area contributed by atoms with Gasteiger partial charge in [0.2, 0.25) is 0 Å². The highest BCUT2D eigenvalue weighted by Gasteiger charge is 2.35. The van der Waals surface area contributed by atoms with Crippen molar-refractivity contribution in [2.24, 2.45) is 0 Å². The first kappa shape index (κ1) is 17.0. The lowest BCUT2D eigenvalue weighted by Gasteiger charge is -2.30. The van der Waals surface area contributed by atoms with Crippen LogP contribution in [0.1, 0.15) is 18.5 Å². The molecule has 0 spiro atoms. The van der Waals surface area contributed by atoms with Crippen molar-refractivity contribution in [3.8, 4) is 0 Å². The van der Waals surface area contributed by atoms with Gasteiger partial charge in [0.25, 0.3) is 0 Å². The number of halogens is 3. The molecular weight excluding hydrogens is 423 g/mol. The third kappa shape index (κ3) is 3.67. The number of alkyl halides is 2. The number of hydrogen-bond acceptors (Lipinski definition) is 3. The highest BCUT2D eigenvalue weighted by atomic mass is 79.9. The SMILES string of the molecule is CCOC(=O)C1=C(C(Br)Br)NC(=O)N[C@H]1c1cccc(F)c1. The summed E-state index contributed by atoms with van der Waals surface area (Å²) in [5, 5.41) is 5.18. The molecule has 2 rings (SSSR count). The molecule has 0 radical (unpaired) electrons. The average Bonchev–Trinajstić information content (AvgIpc) is 2.46. The fourth-order valence-corrected chi connectivity index (χ4v) is 2.85. The normalized spacial score (nSPS) is 18.0. The zero-order chi connectivity index (χ0) is 16.3. The molecule has 1 aliphatic heterocycles. The van der Waals surface area contributed by atoms with E-state index in [-0.39, 0.29) is 12.2 Å². The Morgan fingerprint density at radius 3 is 2.77 bits per heavy atom. The molecule has 0 fully saturated rings. The maximum atomic E-state index is 13.5. The van der Waals surface area contributed by atoms with Gasteiger partial charge in [0, 0.05) is 0 Å². The topological polar surface area (TPSA) is 67.4 Å². The lowest BCUT2D eigenvalue weighted by molar-refractivity contribution is -0.139. The number of benzene rings is 1. The summed E-state index contributed by atoms with van der Waals surface area (Å²) in [6, 6.07) is 4.43. The van der Waals surface area contributed by atoms with Gasteiger partial charge in [-0.25, -0.2) is 14.0 Å². The van der Waals surface area contributed by atoms with E-state index in [2.05, 4.69) is 42.5 Å². The van der Waals surface area contributed by atoms with Gasteiger partial charge < -0.3 is 15.4 Å². The van der Waals surface area contributed by atoms with E-state index in [4.69, 9.17) is 4.74 Å². The largest absolute Gasteiger partial charge is 0.463 e. The molecule has 1 aliphatic rings. The van der Waals surface area contributed by atoms with Gasteiger partial charge in [-0.05, 0) is 24.6 Å². The molecule has 1 aromatic rings. The van der Waals surface area contributed by atoms with Crippen molar-refractivity contribution < 1.29 is 18.7 Å². The van der Waals surface area contributed by atoms with Crippen LogP contribution in [-0.2, 0) is 9.53 Å². The molecule has 1 heterocycles. The van der Waals surface area contributed by atoms with Crippen molar-refractivity contribution >= 4 is 43.9 Å². The highest BCUT2D eigenvalue weighted by molar-refractivity contribution is 9.24. The molecule has 0 unspecified atom stereocenters. The van der Waals surface area contributed by atoms with E-state index in [0.717, 1.165) is 0 Å². The van der Waals surface area contributed by atoms with Crippen molar-refractivity contribution in [2.75, 3.05) is 6.61 Å². The van der Waals surface area contributed by atoms with Crippen LogP contribution in [0.2, 0.25) is 0 Å². The summed E-state index contributed by atoms with van der Waals surface area (Å²) in [5.74, 6) is -1.03. The second kappa shape index (κ2) is 7.23. The molecule has 0 bridgehead atoms. The van der Waals surface area contributed by atoms with Crippen molar-refractivity contribution in [1.82, 2.24) is 10.6 Å². The Kier molecular flexibility index (Phi) is 5.57. The standard InChI is InChI=1S/C14H13Br2FN2O3/c1-2-22-13(20)9-10(7-4-3-5-8(17)6-7)18-14(21)19-11(9)12(15)16/h3-6,10,12H,2H2,1H3,(H2,18,19,21)/t10-/m0/s1. The molecule has 0 saturated carbocycles. The minimum absolute atomic E-state index is 0.189. The first-order chi connectivity index (χ1) is 10.4. The third-order valence-electron chi connectivity index (χ3n) is 3.00. The van der Waals surface area contributed by atoms with E-state index < -0.39 is 27.6 Å². The van der Waals surface area contributed by atoms with Crippen LogP contribution in [0.5, 0.6) is 0 Å². The molecule has 1 atom stereocenters. The molecule has 0 aliphatic carbocycles. The Labute approximate surface area is 143 Å². The molecule has 22 heavy (non-hydrogen) atoms. The summed E-state index contributed by atoms with van der Waals surface area (Å²) in [5.41, 5.74) is 0.998. The van der Waals surface area contributed by atoms with Gasteiger partial charge in [-0.15, -0.1) is 0 Å². The Morgan fingerprint density at radius 2 is 2.18 bits per heavy atom. The number of carbonyl (C=O) groups excluding carboxylic acids is 2. The summed E-state index contributed by atoms with van der Waals surface area (Å²) >= 11 is 6.54. The zero-order valence-electron chi connectivity index (χ0n) is 11.5. The van der Waals surface area contributed by atoms with Crippen LogP contribution in [0, 0.1) is 5.82 Å². The first-order valence-corrected chi connectivity index (χ1v) is 8.29. The second-order valence-corrected chi connectivity index (χ2v) is 7.50. The van der Waals surface area contributed by atoms with Gasteiger partial charge in [-0.1, -0.05) is 44.0 Å². The van der Waals surface area contributed by atoms with Gasteiger partial charge in [-0.2, -0.15) is 0 Å². The van der Waals surface area contributed by atoms with Crippen molar-refractivity contribution in [1.29, 1.82) is 0 Å². The van der Waals surface area contributed by atoms with Gasteiger partial charge >= 0.3 is 12.0 Å². The second-order valence-electron chi connectivity index (χ2n) is 4.43. The number of nitrogens with one attached hydrogen (secondary N) is 2. The van der Waals surface area contributed by atoms with E-state index in [1.54, 1.807) is 13.0 Å². The smallest absolute Gasteiger partial charge is 0.338 e. The van der Waals surface area contributed by atoms with E-state index in [9.17, 15) is 14.0 Å². The van der Waals surface area contributed by atoms with Gasteiger partial charge in [0.05, 0.1) is 23.9 Å². The van der Waals surface area contributed by atoms with Crippen LogP contribution in [-0.4, -0.2) is 22.3 Å². The Bertz CT molecular complexity index is 634. The number of hydrogen-bond donors (Lipinski definition) is 2. The molecule has 0 aromatic heterocycles. The molecule has 118 valence electrons. The fourth-order valence-electron chi connectivity index (χ4n) is 2.13. The van der Waals surface area contributed by atoms with E-state index in [1.165, 1.54) is 18.2 Å². The van der Waals surface area contributed by atoms with Crippen LogP contribution in [0.4, 0.5) is 9.18 Å². The Balaban J connectivity index is 2.55. The lowest BCUT2D eigenvalue weighted by atomic mass is 9.95. The van der Waals surface area contributed by atoms with Crippen LogP contribution in [0.25, 0.3) is 0 Å². The summed E-state index contributed by atoms with van der Waals surface area (Å²) in [6.45, 7) is 1.87. The summed E-state index contributed by atoms with van der Waals surface area (Å²) in [6.07, 6.45) is 0. The summed E-state index contributed by atoms with van der Waals surface area (Å²) in [7, 11) is 0. The number of amides is 2. The maximum absolute atomic E-state index is 13.5. The predicted molar refractivity (Wildman–Crippen MR) is 86.1 cm³/mol. The number of urea groups is 1. The van der Waals surface area contributed by atoms with Crippen molar-refractivity contribution in [3.05, 3.63) is 46.9 Å². The molecule has 2 N–H and O–H groups in total. The highest BCUT2D eigenvalue weighted by Crippen LogP contribution is 2.32. The van der Waals surface area contributed by atoms with E-state index in [1.807, 2.05) is 0 Å². The lowest BCUT2D eigenvalue weighted by Crippen LogP contribution is -2.47. The van der Waals surface area contributed by atoms with Gasteiger partial charge in [-0.3, -0.25) is 0 Å². The monoisotopic (exact) mass is 434 g/mol. The molecule has 8 heteroatoms. The maximum Gasteiger partial charge on any atom is 0.338 e. The quantitative estimate of drug-likeness (QED) is 0.564. The van der Waals surface area contributed by atoms with E-state index >= 15 is 0 Å². The minimum atomic E-state index is -0.795.